The number of phenols is 1. The third-order valence-electron chi connectivity index (χ3n) is 9.91. The molecule has 0 aliphatic carbocycles. The van der Waals surface area contributed by atoms with Crippen molar-refractivity contribution in [2.75, 3.05) is 0 Å². The van der Waals surface area contributed by atoms with Crippen molar-refractivity contribution in [2.45, 2.75) is 137 Å². The highest BCUT2D eigenvalue weighted by atomic mass is 16.4. The Balaban J connectivity index is 3.05. The maximum absolute atomic E-state index is 12.4. The van der Waals surface area contributed by atoms with E-state index in [-0.39, 0.29) is 27.2 Å². The summed E-state index contributed by atoms with van der Waals surface area (Å²) in [6.07, 6.45) is 4.13. The van der Waals surface area contributed by atoms with E-state index >= 15 is 0 Å². The average molecular weight is 535 g/mol. The van der Waals surface area contributed by atoms with Crippen molar-refractivity contribution in [3.63, 3.8) is 0 Å². The lowest BCUT2D eigenvalue weighted by Gasteiger charge is -2.33. The minimum Gasteiger partial charge on any atom is -0.507 e. The predicted molar refractivity (Wildman–Crippen MR) is 167 cm³/mol. The molecule has 0 saturated carbocycles. The average Bonchev–Trinajstić information content (AvgIpc) is 2.88. The van der Waals surface area contributed by atoms with Gasteiger partial charge in [-0.2, -0.15) is 0 Å². The maximum atomic E-state index is 12.4. The number of phenolic OH excluding ortho intramolecular Hbond substituents is 1. The smallest absolute Gasteiger partial charge is 0.335 e. The van der Waals surface area contributed by atoms with E-state index in [1.165, 1.54) is 11.1 Å². The van der Waals surface area contributed by atoms with Crippen molar-refractivity contribution in [3.05, 3.63) is 69.8 Å². The normalized spacial score (nSPS) is 13.0. The number of benzene rings is 2. The quantitative estimate of drug-likeness (QED) is 0.266. The second kappa shape index (κ2) is 11.5. The van der Waals surface area contributed by atoms with Crippen LogP contribution in [0.15, 0.2) is 30.8 Å². The van der Waals surface area contributed by atoms with Gasteiger partial charge in [0.05, 0.1) is 5.57 Å². The van der Waals surface area contributed by atoms with Gasteiger partial charge in [0.2, 0.25) is 0 Å². The van der Waals surface area contributed by atoms with Gasteiger partial charge in [-0.1, -0.05) is 114 Å². The number of carboxylic acids is 1. The van der Waals surface area contributed by atoms with E-state index in [1.807, 2.05) is 0 Å². The highest BCUT2D eigenvalue weighted by Crippen LogP contribution is 2.44. The van der Waals surface area contributed by atoms with Crippen molar-refractivity contribution in [3.8, 4) is 5.75 Å². The molecule has 2 aromatic carbocycles. The van der Waals surface area contributed by atoms with E-state index in [0.29, 0.717) is 17.7 Å². The Morgan fingerprint density at radius 3 is 1.46 bits per heavy atom. The van der Waals surface area contributed by atoms with Crippen LogP contribution < -0.4 is 0 Å². The number of hydrogen-bond acceptors (Lipinski definition) is 2. The van der Waals surface area contributed by atoms with E-state index in [4.69, 9.17) is 0 Å². The highest BCUT2D eigenvalue weighted by Gasteiger charge is 2.32. The summed E-state index contributed by atoms with van der Waals surface area (Å²) in [5.74, 6) is -0.689. The van der Waals surface area contributed by atoms with Crippen LogP contribution in [-0.2, 0) is 32.9 Å². The van der Waals surface area contributed by atoms with Crippen LogP contribution in [0, 0.1) is 0 Å². The maximum Gasteiger partial charge on any atom is 0.335 e. The van der Waals surface area contributed by atoms with E-state index in [2.05, 4.69) is 114 Å². The lowest BCUT2D eigenvalue weighted by atomic mass is 9.71. The third-order valence-corrected chi connectivity index (χ3v) is 9.91. The molecule has 2 N–H and O–H groups in total. The van der Waals surface area contributed by atoms with E-state index in [9.17, 15) is 15.0 Å². The van der Waals surface area contributed by atoms with Crippen molar-refractivity contribution in [1.29, 1.82) is 0 Å². The number of aromatic hydroxyl groups is 1. The molecular weight excluding hydrogens is 480 g/mol. The van der Waals surface area contributed by atoms with Gasteiger partial charge in [-0.25, -0.2) is 4.79 Å². The second-order valence-corrected chi connectivity index (χ2v) is 14.0. The summed E-state index contributed by atoms with van der Waals surface area (Å²) in [7, 11) is 0. The fourth-order valence-corrected chi connectivity index (χ4v) is 4.96. The van der Waals surface area contributed by atoms with Crippen LogP contribution >= 0.6 is 0 Å². The highest BCUT2D eigenvalue weighted by molar-refractivity contribution is 6.15. The van der Waals surface area contributed by atoms with Gasteiger partial charge in [0.1, 0.15) is 5.75 Å². The monoisotopic (exact) mass is 534 g/mol. The number of aliphatic carboxylic acids is 1. The fraction of sp³-hybridized carbons (Fsp3) is 0.583. The minimum atomic E-state index is -1.01. The molecular formula is C36H54O3. The summed E-state index contributed by atoms with van der Waals surface area (Å²) >= 11 is 0. The Hall–Kier alpha value is -2.55. The number of hydrogen-bond donors (Lipinski definition) is 2. The molecule has 0 radical (unpaired) electrons. The second-order valence-electron chi connectivity index (χ2n) is 14.0. The molecule has 0 amide bonds. The molecule has 0 bridgehead atoms. The van der Waals surface area contributed by atoms with Gasteiger partial charge >= 0.3 is 5.97 Å². The van der Waals surface area contributed by atoms with Gasteiger partial charge in [-0.05, 0) is 80.7 Å². The molecule has 0 fully saturated rings. The van der Waals surface area contributed by atoms with Crippen LogP contribution in [-0.4, -0.2) is 16.2 Å². The fourth-order valence-electron chi connectivity index (χ4n) is 4.96. The van der Waals surface area contributed by atoms with E-state index in [0.717, 1.165) is 47.9 Å². The minimum absolute atomic E-state index is 0.0596. The van der Waals surface area contributed by atoms with E-state index in [1.54, 1.807) is 0 Å². The molecule has 0 heterocycles. The van der Waals surface area contributed by atoms with Crippen molar-refractivity contribution in [2.24, 2.45) is 0 Å². The summed E-state index contributed by atoms with van der Waals surface area (Å²) in [6, 6.07) is 8.71. The van der Waals surface area contributed by atoms with E-state index < -0.39 is 5.97 Å². The Morgan fingerprint density at radius 2 is 1.05 bits per heavy atom. The zero-order chi connectivity index (χ0) is 30.1. The third kappa shape index (κ3) is 6.61. The van der Waals surface area contributed by atoms with Crippen molar-refractivity contribution in [1.82, 2.24) is 0 Å². The zero-order valence-electron chi connectivity index (χ0n) is 26.9. The molecule has 0 unspecified atom stereocenters. The molecule has 0 aliphatic heterocycles. The van der Waals surface area contributed by atoms with Crippen LogP contribution in [0.5, 0.6) is 5.75 Å². The van der Waals surface area contributed by atoms with Gasteiger partial charge < -0.3 is 10.2 Å². The first-order chi connectivity index (χ1) is 17.8. The first kappa shape index (κ1) is 32.7. The molecule has 0 atom stereocenters. The van der Waals surface area contributed by atoms with Crippen LogP contribution in [0.3, 0.4) is 0 Å². The molecule has 2 rings (SSSR count). The van der Waals surface area contributed by atoms with Crippen LogP contribution in [0.25, 0.3) is 5.57 Å². The topological polar surface area (TPSA) is 57.5 Å². The molecule has 0 spiro atoms. The Bertz CT molecular complexity index is 1220. The van der Waals surface area contributed by atoms with Crippen LogP contribution in [0.1, 0.15) is 148 Å². The van der Waals surface area contributed by atoms with Gasteiger partial charge in [0, 0.05) is 12.0 Å². The molecule has 3 heteroatoms. The SMILES string of the molecule is C=C(C(=O)O)c1c(Cc2cc(C(C)(C)CC)cc(C(C)(C)CC)c2O)cc(C(C)(C)CC)cc1C(C)(C)CC. The zero-order valence-corrected chi connectivity index (χ0v) is 26.9. The molecule has 0 saturated heterocycles. The molecule has 0 aromatic heterocycles. The molecule has 39 heavy (non-hydrogen) atoms. The Morgan fingerprint density at radius 1 is 0.667 bits per heavy atom. The summed E-state index contributed by atoms with van der Waals surface area (Å²) < 4.78 is 0. The summed E-state index contributed by atoms with van der Waals surface area (Å²) in [4.78, 5) is 12.4. The van der Waals surface area contributed by atoms with Gasteiger partial charge in [-0.15, -0.1) is 0 Å². The van der Waals surface area contributed by atoms with Crippen LogP contribution in [0.2, 0.25) is 0 Å². The standard InChI is InChI=1S/C36H54O3/c1-14-33(6,7)26-19-24(30(23(5)32(38)39)28(21-26)35(10,11)16-3)18-25-20-27(34(8,9)15-2)22-29(31(25)37)36(12,13)17-4/h19-22,37H,5,14-18H2,1-4,6-13H3,(H,38,39). The summed E-state index contributed by atoms with van der Waals surface area (Å²) in [5, 5.41) is 21.9. The summed E-state index contributed by atoms with van der Waals surface area (Å²) in [5.41, 5.74) is 6.36. The molecule has 3 nitrogen and oxygen atoms in total. The predicted octanol–water partition coefficient (Wildman–Crippen LogP) is 9.83. The number of carboxylic acid groups (broad SMARTS) is 1. The van der Waals surface area contributed by atoms with Gasteiger partial charge in [0.25, 0.3) is 0 Å². The van der Waals surface area contributed by atoms with Gasteiger partial charge in [0.15, 0.2) is 0 Å². The Kier molecular flexibility index (Phi) is 9.64. The van der Waals surface area contributed by atoms with Crippen molar-refractivity contribution < 1.29 is 15.0 Å². The van der Waals surface area contributed by atoms with Crippen LogP contribution in [0.4, 0.5) is 0 Å². The lowest BCUT2D eigenvalue weighted by Crippen LogP contribution is -2.24. The summed E-state index contributed by atoms with van der Waals surface area (Å²) in [6.45, 7) is 30.4. The number of rotatable bonds is 12. The van der Waals surface area contributed by atoms with Gasteiger partial charge in [-0.3, -0.25) is 0 Å². The lowest BCUT2D eigenvalue weighted by molar-refractivity contribution is -0.130. The first-order valence-corrected chi connectivity index (χ1v) is 14.8. The van der Waals surface area contributed by atoms with Crippen molar-refractivity contribution >= 4 is 11.5 Å². The molecule has 2 aromatic rings. The molecule has 0 aliphatic rings. The first-order valence-electron chi connectivity index (χ1n) is 14.8. The number of carbonyl (C=O) groups is 1. The molecule has 216 valence electrons. The largest absolute Gasteiger partial charge is 0.507 e. The Labute approximate surface area is 238 Å².